The van der Waals surface area contributed by atoms with Crippen LogP contribution in [-0.2, 0) is 0 Å². The van der Waals surface area contributed by atoms with Crippen LogP contribution in [-0.4, -0.2) is 11.0 Å². The fraction of sp³-hybridized carbons (Fsp3) is 0.0714. The topological polar surface area (TPSA) is 75.3 Å². The number of phenols is 1. The van der Waals surface area contributed by atoms with Crippen molar-refractivity contribution in [3.8, 4) is 5.75 Å². The van der Waals surface area contributed by atoms with Crippen molar-refractivity contribution in [2.45, 2.75) is 6.92 Å². The molecule has 0 aliphatic carbocycles. The lowest BCUT2D eigenvalue weighted by Gasteiger charge is -2.10. The van der Waals surface area contributed by atoms with Crippen LogP contribution in [0.4, 0.5) is 15.8 Å². The summed E-state index contributed by atoms with van der Waals surface area (Å²) in [6, 6.07) is 8.21. The maximum atomic E-state index is 13.1. The van der Waals surface area contributed by atoms with Crippen LogP contribution < -0.4 is 11.1 Å². The molecule has 0 bridgehead atoms. The molecule has 0 aliphatic rings. The van der Waals surface area contributed by atoms with Crippen molar-refractivity contribution < 1.29 is 14.3 Å². The molecular formula is C14H13FN2O2. The van der Waals surface area contributed by atoms with E-state index < -0.39 is 11.7 Å². The number of nitrogens with two attached hydrogens (primary N) is 1. The molecule has 0 heterocycles. The molecule has 5 heteroatoms. The number of carbonyl (C=O) groups is 1. The van der Waals surface area contributed by atoms with Gasteiger partial charge in [0.15, 0.2) is 0 Å². The number of carbonyl (C=O) groups excluding carboxylic acids is 1. The maximum Gasteiger partial charge on any atom is 0.259 e. The minimum atomic E-state index is -0.586. The van der Waals surface area contributed by atoms with E-state index in [-0.39, 0.29) is 11.3 Å². The average molecular weight is 260 g/mol. The number of nitrogen functional groups attached to an aromatic ring is 1. The van der Waals surface area contributed by atoms with Gasteiger partial charge in [0.25, 0.3) is 5.91 Å². The number of nitrogens with one attached hydrogen (secondary N) is 1. The van der Waals surface area contributed by atoms with Crippen LogP contribution in [0.15, 0.2) is 36.4 Å². The molecule has 2 aromatic rings. The van der Waals surface area contributed by atoms with Gasteiger partial charge in [-0.15, -0.1) is 0 Å². The van der Waals surface area contributed by atoms with Gasteiger partial charge in [-0.1, -0.05) is 0 Å². The molecule has 0 atom stereocenters. The van der Waals surface area contributed by atoms with Crippen molar-refractivity contribution in [1.82, 2.24) is 0 Å². The Morgan fingerprint density at radius 3 is 2.68 bits per heavy atom. The highest BCUT2D eigenvalue weighted by molar-refractivity contribution is 6.06. The number of phenolic OH excluding ortho intramolecular Hbond substituents is 1. The number of anilines is 2. The summed E-state index contributed by atoms with van der Waals surface area (Å²) in [4.78, 5) is 12.0. The molecule has 0 aliphatic heterocycles. The first kappa shape index (κ1) is 12.9. The van der Waals surface area contributed by atoms with E-state index in [2.05, 4.69) is 5.32 Å². The van der Waals surface area contributed by atoms with Gasteiger partial charge in [-0.3, -0.25) is 4.79 Å². The van der Waals surface area contributed by atoms with Crippen molar-refractivity contribution in [1.29, 1.82) is 0 Å². The van der Waals surface area contributed by atoms with Crippen molar-refractivity contribution in [2.75, 3.05) is 11.1 Å². The first-order valence-electron chi connectivity index (χ1n) is 5.63. The van der Waals surface area contributed by atoms with Crippen LogP contribution in [0.2, 0.25) is 0 Å². The molecule has 2 aromatic carbocycles. The number of halogens is 1. The number of aryl methyl sites for hydroxylation is 1. The molecule has 0 saturated heterocycles. The second-order valence-electron chi connectivity index (χ2n) is 4.19. The van der Waals surface area contributed by atoms with Gasteiger partial charge in [0, 0.05) is 11.4 Å². The smallest absolute Gasteiger partial charge is 0.259 e. The van der Waals surface area contributed by atoms with Crippen molar-refractivity contribution in [2.24, 2.45) is 0 Å². The van der Waals surface area contributed by atoms with Crippen molar-refractivity contribution in [3.05, 3.63) is 53.3 Å². The van der Waals surface area contributed by atoms with Gasteiger partial charge >= 0.3 is 0 Å². The number of amides is 1. The minimum absolute atomic E-state index is 0.115. The lowest BCUT2D eigenvalue weighted by Crippen LogP contribution is -2.13. The van der Waals surface area contributed by atoms with E-state index in [4.69, 9.17) is 5.73 Å². The molecule has 1 amide bonds. The monoisotopic (exact) mass is 260 g/mol. The van der Waals surface area contributed by atoms with Gasteiger partial charge in [-0.25, -0.2) is 4.39 Å². The van der Waals surface area contributed by atoms with Crippen LogP contribution >= 0.6 is 0 Å². The lowest BCUT2D eigenvalue weighted by molar-refractivity contribution is 0.102. The highest BCUT2D eigenvalue weighted by Gasteiger charge is 2.13. The summed E-state index contributed by atoms with van der Waals surface area (Å²) in [5.41, 5.74) is 7.42. The fourth-order valence-electron chi connectivity index (χ4n) is 1.71. The van der Waals surface area contributed by atoms with Crippen molar-refractivity contribution >= 4 is 17.3 Å². The quantitative estimate of drug-likeness (QED) is 0.727. The molecule has 2 rings (SSSR count). The Morgan fingerprint density at radius 1 is 1.26 bits per heavy atom. The largest absolute Gasteiger partial charge is 0.507 e. The second kappa shape index (κ2) is 4.97. The van der Waals surface area contributed by atoms with E-state index in [1.165, 1.54) is 0 Å². The van der Waals surface area contributed by atoms with E-state index in [0.717, 1.165) is 23.8 Å². The molecule has 0 fully saturated rings. The third kappa shape index (κ3) is 2.82. The van der Waals surface area contributed by atoms with Gasteiger partial charge < -0.3 is 16.2 Å². The summed E-state index contributed by atoms with van der Waals surface area (Å²) in [7, 11) is 0. The zero-order valence-electron chi connectivity index (χ0n) is 10.3. The summed E-state index contributed by atoms with van der Waals surface area (Å²) in [5.74, 6) is -1.44. The highest BCUT2D eigenvalue weighted by Crippen LogP contribution is 2.22. The Kier molecular flexibility index (Phi) is 3.37. The molecule has 4 nitrogen and oxygen atoms in total. The Hall–Kier alpha value is -2.56. The summed E-state index contributed by atoms with van der Waals surface area (Å²) < 4.78 is 13.1. The molecule has 98 valence electrons. The molecule has 0 unspecified atom stereocenters. The number of hydrogen-bond acceptors (Lipinski definition) is 3. The molecular weight excluding hydrogens is 247 g/mol. The first-order valence-corrected chi connectivity index (χ1v) is 5.63. The molecule has 0 aromatic heterocycles. The standard InChI is InChI=1S/C14H13FN2O2/c1-8-6-10(16)3-4-12(8)17-14(19)11-7-9(15)2-5-13(11)18/h2-7,18H,16H2,1H3,(H,17,19). The second-order valence-corrected chi connectivity index (χ2v) is 4.19. The van der Waals surface area contributed by atoms with Gasteiger partial charge in [0.1, 0.15) is 11.6 Å². The average Bonchev–Trinajstić information content (AvgIpc) is 2.35. The zero-order valence-corrected chi connectivity index (χ0v) is 10.3. The molecule has 19 heavy (non-hydrogen) atoms. The third-order valence-corrected chi connectivity index (χ3v) is 2.70. The van der Waals surface area contributed by atoms with Crippen LogP contribution in [0.5, 0.6) is 5.75 Å². The third-order valence-electron chi connectivity index (χ3n) is 2.70. The number of aromatic hydroxyl groups is 1. The lowest BCUT2D eigenvalue weighted by atomic mass is 10.1. The molecule has 4 N–H and O–H groups in total. The number of benzene rings is 2. The van der Waals surface area contributed by atoms with Crippen molar-refractivity contribution in [3.63, 3.8) is 0 Å². The van der Waals surface area contributed by atoms with E-state index in [9.17, 15) is 14.3 Å². The predicted octanol–water partition coefficient (Wildman–Crippen LogP) is 2.67. The van der Waals surface area contributed by atoms with E-state index in [1.807, 2.05) is 0 Å². The van der Waals surface area contributed by atoms with Crippen LogP contribution in [0, 0.1) is 12.7 Å². The van der Waals surface area contributed by atoms with E-state index >= 15 is 0 Å². The van der Waals surface area contributed by atoms with Gasteiger partial charge in [0.05, 0.1) is 5.56 Å². The van der Waals surface area contributed by atoms with E-state index in [1.54, 1.807) is 25.1 Å². The first-order chi connectivity index (χ1) is 8.97. The zero-order chi connectivity index (χ0) is 14.0. The normalized spacial score (nSPS) is 10.2. The Morgan fingerprint density at radius 2 is 2.00 bits per heavy atom. The van der Waals surface area contributed by atoms with Gasteiger partial charge in [0.2, 0.25) is 0 Å². The molecule has 0 radical (unpaired) electrons. The SMILES string of the molecule is Cc1cc(N)ccc1NC(=O)c1cc(F)ccc1O. The predicted molar refractivity (Wildman–Crippen MR) is 71.6 cm³/mol. The Balaban J connectivity index is 2.28. The summed E-state index contributed by atoms with van der Waals surface area (Å²) in [6.07, 6.45) is 0. The van der Waals surface area contributed by atoms with Gasteiger partial charge in [-0.2, -0.15) is 0 Å². The van der Waals surface area contributed by atoms with Crippen LogP contribution in [0.3, 0.4) is 0 Å². The Bertz CT molecular complexity index is 641. The maximum absolute atomic E-state index is 13.1. The summed E-state index contributed by atoms with van der Waals surface area (Å²) >= 11 is 0. The van der Waals surface area contributed by atoms with E-state index in [0.29, 0.717) is 11.4 Å². The molecule has 0 spiro atoms. The Labute approximate surface area is 109 Å². The minimum Gasteiger partial charge on any atom is -0.507 e. The number of hydrogen-bond donors (Lipinski definition) is 3. The van der Waals surface area contributed by atoms with Gasteiger partial charge in [-0.05, 0) is 48.9 Å². The fourth-order valence-corrected chi connectivity index (χ4v) is 1.71. The summed E-state index contributed by atoms with van der Waals surface area (Å²) in [6.45, 7) is 1.79. The number of rotatable bonds is 2. The highest BCUT2D eigenvalue weighted by atomic mass is 19.1. The van der Waals surface area contributed by atoms with Crippen LogP contribution in [0.25, 0.3) is 0 Å². The summed E-state index contributed by atoms with van der Waals surface area (Å²) in [5, 5.41) is 12.1. The van der Waals surface area contributed by atoms with Crippen LogP contribution in [0.1, 0.15) is 15.9 Å². The molecule has 0 saturated carbocycles.